The Morgan fingerprint density at radius 3 is 2.54 bits per heavy atom. The molecule has 8 nitrogen and oxygen atoms in total. The van der Waals surface area contributed by atoms with Crippen LogP contribution in [-0.4, -0.2) is 41.4 Å². The van der Waals surface area contributed by atoms with Crippen molar-refractivity contribution in [2.75, 3.05) is 19.5 Å². The van der Waals surface area contributed by atoms with Crippen molar-refractivity contribution in [1.82, 2.24) is 9.55 Å². The van der Waals surface area contributed by atoms with Gasteiger partial charge in [0.15, 0.2) is 0 Å². The van der Waals surface area contributed by atoms with Crippen LogP contribution in [0.1, 0.15) is 32.6 Å². The molecule has 1 fully saturated rings. The molecule has 0 radical (unpaired) electrons. The van der Waals surface area contributed by atoms with Crippen LogP contribution >= 0.6 is 23.2 Å². The first kappa shape index (κ1) is 26.5. The number of aliphatic imine (C=N–C) groups is 1. The van der Waals surface area contributed by atoms with Crippen LogP contribution < -0.4 is 20.3 Å². The molecule has 2 heterocycles. The third-order valence-corrected chi connectivity index (χ3v) is 7.16. The summed E-state index contributed by atoms with van der Waals surface area (Å²) >= 11 is 13.2. The van der Waals surface area contributed by atoms with Crippen LogP contribution in [0.25, 0.3) is 22.0 Å². The topological polar surface area (TPSA) is 94.8 Å². The third-order valence-electron chi connectivity index (χ3n) is 6.41. The van der Waals surface area contributed by atoms with E-state index in [-0.39, 0.29) is 21.6 Å². The highest BCUT2D eigenvalue weighted by Crippen LogP contribution is 2.45. The number of pyridine rings is 2. The van der Waals surface area contributed by atoms with E-state index < -0.39 is 5.91 Å². The number of halogens is 2. The minimum Gasteiger partial charge on any atom is -0.495 e. The van der Waals surface area contributed by atoms with Crippen LogP contribution in [0.5, 0.6) is 11.5 Å². The molecule has 1 aliphatic rings. The molecule has 1 aromatic carbocycles. The molecule has 37 heavy (non-hydrogen) atoms. The molecule has 10 heteroatoms. The van der Waals surface area contributed by atoms with Crippen LogP contribution in [0.2, 0.25) is 10.0 Å². The smallest absolute Gasteiger partial charge is 0.321 e. The van der Waals surface area contributed by atoms with E-state index >= 15 is 0 Å². The van der Waals surface area contributed by atoms with E-state index in [9.17, 15) is 9.59 Å². The largest absolute Gasteiger partial charge is 0.495 e. The lowest BCUT2D eigenvalue weighted by atomic mass is 9.93. The lowest BCUT2D eigenvalue weighted by molar-refractivity contribution is -0.112. The number of aromatic nitrogens is 2. The van der Waals surface area contributed by atoms with Crippen molar-refractivity contribution in [3.05, 3.63) is 44.8 Å². The molecular formula is C27H26Cl2N4O4. The van der Waals surface area contributed by atoms with Crippen LogP contribution in [0, 0.1) is 12.3 Å². The number of benzene rings is 1. The van der Waals surface area contributed by atoms with Gasteiger partial charge in [0.1, 0.15) is 17.3 Å². The Kier molecular flexibility index (Phi) is 8.06. The summed E-state index contributed by atoms with van der Waals surface area (Å²) in [7, 11) is 2.96. The average Bonchev–Trinajstić information content (AvgIpc) is 2.90. The number of nitrogens with one attached hydrogen (secondary N) is 1. The predicted octanol–water partition coefficient (Wildman–Crippen LogP) is 5.36. The van der Waals surface area contributed by atoms with Gasteiger partial charge in [-0.1, -0.05) is 29.6 Å². The second-order valence-corrected chi connectivity index (χ2v) is 9.27. The maximum atomic E-state index is 13.7. The number of anilines is 1. The number of terminal acetylenes is 1. The lowest BCUT2D eigenvalue weighted by Gasteiger charge is -2.25. The summed E-state index contributed by atoms with van der Waals surface area (Å²) in [4.78, 5) is 34.0. The van der Waals surface area contributed by atoms with Gasteiger partial charge in [-0.15, -0.1) is 6.42 Å². The summed E-state index contributed by atoms with van der Waals surface area (Å²) < 4.78 is 12.4. The number of aryl methyl sites for hydroxylation is 1. The second kappa shape index (κ2) is 11.2. The Morgan fingerprint density at radius 1 is 1.22 bits per heavy atom. The van der Waals surface area contributed by atoms with E-state index in [0.717, 1.165) is 30.4 Å². The number of nitrogens with zero attached hydrogens (tertiary/aromatic N) is 3. The summed E-state index contributed by atoms with van der Waals surface area (Å²) in [6.45, 7) is 2.28. The van der Waals surface area contributed by atoms with Crippen molar-refractivity contribution in [2.24, 2.45) is 4.99 Å². The number of hydrogen-bond donors (Lipinski definition) is 1. The molecule has 0 aliphatic heterocycles. The van der Waals surface area contributed by atoms with E-state index in [1.54, 1.807) is 22.9 Å². The van der Waals surface area contributed by atoms with Gasteiger partial charge in [-0.3, -0.25) is 9.59 Å². The summed E-state index contributed by atoms with van der Waals surface area (Å²) in [6.07, 6.45) is 10.3. The normalized spacial score (nSPS) is 16.4. The quantitative estimate of drug-likeness (QED) is 0.422. The average molecular weight is 541 g/mol. The number of methoxy groups -OCH3 is 2. The van der Waals surface area contributed by atoms with Gasteiger partial charge in [0, 0.05) is 41.5 Å². The molecule has 3 aromatic rings. The first-order valence-corrected chi connectivity index (χ1v) is 12.6. The monoisotopic (exact) mass is 540 g/mol. The van der Waals surface area contributed by atoms with Gasteiger partial charge >= 0.3 is 5.91 Å². The highest BCUT2D eigenvalue weighted by atomic mass is 35.5. The fourth-order valence-corrected chi connectivity index (χ4v) is 5.30. The zero-order chi connectivity index (χ0) is 26.7. The second-order valence-electron chi connectivity index (χ2n) is 8.52. The van der Waals surface area contributed by atoms with Crippen molar-refractivity contribution < 1.29 is 14.3 Å². The third kappa shape index (κ3) is 5.15. The maximum Gasteiger partial charge on any atom is 0.321 e. The Hall–Kier alpha value is -3.54. The van der Waals surface area contributed by atoms with Gasteiger partial charge in [-0.05, 0) is 38.2 Å². The first-order chi connectivity index (χ1) is 17.8. The predicted molar refractivity (Wildman–Crippen MR) is 147 cm³/mol. The Labute approximate surface area is 224 Å². The molecule has 1 saturated carbocycles. The number of fused-ring (bicyclic) bond motifs is 1. The molecule has 0 bridgehead atoms. The number of hydrogen-bond acceptors (Lipinski definition) is 6. The summed E-state index contributed by atoms with van der Waals surface area (Å²) in [6, 6.07) is 4.94. The molecule has 192 valence electrons. The van der Waals surface area contributed by atoms with Crippen LogP contribution in [0.15, 0.2) is 34.2 Å². The first-order valence-electron chi connectivity index (χ1n) is 11.8. The molecule has 1 amide bonds. The van der Waals surface area contributed by atoms with Crippen LogP contribution in [-0.2, 0) is 11.3 Å². The number of rotatable bonds is 6. The van der Waals surface area contributed by atoms with E-state index in [1.807, 2.05) is 18.9 Å². The van der Waals surface area contributed by atoms with E-state index in [0.29, 0.717) is 46.9 Å². The molecule has 4 rings (SSSR count). The van der Waals surface area contributed by atoms with Gasteiger partial charge in [-0.25, -0.2) is 9.98 Å². The molecule has 0 spiro atoms. The fraction of sp³-hybridized carbons (Fsp3) is 0.333. The summed E-state index contributed by atoms with van der Waals surface area (Å²) in [5, 5.41) is 4.51. The molecular weight excluding hydrogens is 515 g/mol. The number of amides is 1. The molecule has 0 unspecified atom stereocenters. The maximum absolute atomic E-state index is 13.7. The standard InChI is InChI=1S/C27H26Cl2N4O4/c1-5-23(34)32-18-10-8-7-9-17(18)31-22-12-19-15(14-30-22)11-16(27(35)33(19)6-2)24-25(28)20(36-3)13-21(37-4)26(24)29/h1,11-14,17H,6-10H2,2-4H3,(H,30,31)/t17-/m1/s1. The van der Waals surface area contributed by atoms with Crippen LogP contribution in [0.3, 0.4) is 0 Å². The summed E-state index contributed by atoms with van der Waals surface area (Å²) in [5.74, 6) is 2.69. The molecule has 1 aliphatic carbocycles. The SMILES string of the molecule is C#CC(=O)N=C1CCCC[C@H]1Nc1cc2c(cn1)cc(-c1c(Cl)c(OC)cc(OC)c1Cl)c(=O)n2CC. The van der Waals surface area contributed by atoms with E-state index in [1.165, 1.54) is 14.2 Å². The minimum absolute atomic E-state index is 0.168. The van der Waals surface area contributed by atoms with Crippen molar-refractivity contribution in [2.45, 2.75) is 45.2 Å². The van der Waals surface area contributed by atoms with E-state index in [4.69, 9.17) is 39.1 Å². The zero-order valence-corrected chi connectivity index (χ0v) is 22.2. The highest BCUT2D eigenvalue weighted by molar-refractivity contribution is 6.41. The lowest BCUT2D eigenvalue weighted by Crippen LogP contribution is -2.33. The van der Waals surface area contributed by atoms with E-state index in [2.05, 4.69) is 15.3 Å². The van der Waals surface area contributed by atoms with Gasteiger partial charge in [0.2, 0.25) is 0 Å². The van der Waals surface area contributed by atoms with Gasteiger partial charge in [0.05, 0.1) is 41.4 Å². The Bertz CT molecular complexity index is 1480. The minimum atomic E-state index is -0.589. The van der Waals surface area contributed by atoms with Crippen molar-refractivity contribution in [1.29, 1.82) is 0 Å². The number of ether oxygens (including phenoxy) is 2. The molecule has 0 saturated heterocycles. The molecule has 1 atom stereocenters. The number of carbonyl (C=O) groups is 1. The van der Waals surface area contributed by atoms with Crippen molar-refractivity contribution in [3.63, 3.8) is 0 Å². The molecule has 1 N–H and O–H groups in total. The van der Waals surface area contributed by atoms with Gasteiger partial charge < -0.3 is 19.4 Å². The van der Waals surface area contributed by atoms with Crippen molar-refractivity contribution >= 4 is 51.5 Å². The fourth-order valence-electron chi connectivity index (χ4n) is 4.59. The Balaban J connectivity index is 1.82. The molecule has 2 aromatic heterocycles. The van der Waals surface area contributed by atoms with Gasteiger partial charge in [-0.2, -0.15) is 0 Å². The zero-order valence-electron chi connectivity index (χ0n) is 20.7. The number of carbonyl (C=O) groups excluding carboxylic acids is 1. The Morgan fingerprint density at radius 2 is 1.92 bits per heavy atom. The van der Waals surface area contributed by atoms with Gasteiger partial charge in [0.25, 0.3) is 5.56 Å². The van der Waals surface area contributed by atoms with Crippen LogP contribution in [0.4, 0.5) is 5.82 Å². The highest BCUT2D eigenvalue weighted by Gasteiger charge is 2.24. The summed E-state index contributed by atoms with van der Waals surface area (Å²) in [5.41, 5.74) is 1.77. The van der Waals surface area contributed by atoms with Crippen molar-refractivity contribution in [3.8, 4) is 35.0 Å².